The maximum absolute atomic E-state index is 11.9. The third-order valence-electron chi connectivity index (χ3n) is 3.11. The Labute approximate surface area is 134 Å². The molecule has 0 saturated carbocycles. The largest absolute Gasteiger partial charge is 0.456 e. The number of halogens is 1. The Hall–Kier alpha value is -2.33. The molecule has 0 bridgehead atoms. The Morgan fingerprint density at radius 2 is 1.82 bits per heavy atom. The molecule has 0 amide bonds. The van der Waals surface area contributed by atoms with Crippen LogP contribution in [0.1, 0.15) is 17.5 Å². The van der Waals surface area contributed by atoms with Crippen molar-refractivity contribution in [3.8, 4) is 0 Å². The van der Waals surface area contributed by atoms with E-state index in [0.717, 1.165) is 11.1 Å². The molecule has 0 fully saturated rings. The molecule has 2 aromatic rings. The van der Waals surface area contributed by atoms with E-state index in [-0.39, 0.29) is 18.7 Å². The number of hydrogen-bond acceptors (Lipinski definition) is 4. The van der Waals surface area contributed by atoms with Crippen LogP contribution in [-0.2, 0) is 22.6 Å². The first-order chi connectivity index (χ1) is 10.7. The molecule has 2 aromatic carbocycles. The molecule has 0 heterocycles. The molecule has 4 nitrogen and oxygen atoms in total. The first-order valence-corrected chi connectivity index (χ1v) is 7.23. The second-order valence-electron chi connectivity index (χ2n) is 4.74. The number of carbonyl (C=O) groups excluding carboxylic acids is 1. The Morgan fingerprint density at radius 1 is 1.09 bits per heavy atom. The van der Waals surface area contributed by atoms with Gasteiger partial charge in [0.2, 0.25) is 0 Å². The average Bonchev–Trinajstić information content (AvgIpc) is 2.54. The molecule has 0 spiro atoms. The predicted octanol–water partition coefficient (Wildman–Crippen LogP) is 3.85. The summed E-state index contributed by atoms with van der Waals surface area (Å²) in [5.41, 5.74) is 1.84. The molecule has 1 N–H and O–H groups in total. The van der Waals surface area contributed by atoms with E-state index in [1.165, 1.54) is 0 Å². The van der Waals surface area contributed by atoms with E-state index >= 15 is 0 Å². The van der Waals surface area contributed by atoms with Gasteiger partial charge in [0.25, 0.3) is 0 Å². The minimum atomic E-state index is -0.617. The summed E-state index contributed by atoms with van der Waals surface area (Å²) < 4.78 is 5.14. The lowest BCUT2D eigenvalue weighted by Gasteiger charge is -2.06. The summed E-state index contributed by atoms with van der Waals surface area (Å²) in [6.45, 7) is 0.149. The van der Waals surface area contributed by atoms with E-state index in [0.29, 0.717) is 11.4 Å². The van der Waals surface area contributed by atoms with E-state index in [4.69, 9.17) is 21.5 Å². The molecule has 0 aliphatic carbocycles. The van der Waals surface area contributed by atoms with Gasteiger partial charge in [-0.15, -0.1) is 0 Å². The quantitative estimate of drug-likeness (QED) is 0.381. The van der Waals surface area contributed by atoms with Crippen LogP contribution < -0.4 is 0 Å². The second-order valence-corrected chi connectivity index (χ2v) is 5.17. The molecule has 0 atom stereocenters. The monoisotopic (exact) mass is 317 g/mol. The van der Waals surface area contributed by atoms with E-state index in [2.05, 4.69) is 5.16 Å². The van der Waals surface area contributed by atoms with Crippen molar-refractivity contribution in [1.29, 1.82) is 0 Å². The van der Waals surface area contributed by atoms with Gasteiger partial charge in [0, 0.05) is 11.4 Å². The van der Waals surface area contributed by atoms with Crippen molar-refractivity contribution in [3.05, 3.63) is 70.7 Å². The SMILES string of the molecule is O=C(OCc1ccccc1)C(CCc1cccc(Cl)c1)=NO. The molecule has 0 aliphatic heterocycles. The van der Waals surface area contributed by atoms with Crippen LogP contribution in [0.15, 0.2) is 59.8 Å². The standard InChI is InChI=1S/C17H16ClNO3/c18-15-8-4-7-13(11-15)9-10-16(19-21)17(20)22-12-14-5-2-1-3-6-14/h1-8,11,21H,9-10,12H2. The number of ether oxygens (including phenoxy) is 1. The van der Waals surface area contributed by atoms with Crippen LogP contribution in [0.5, 0.6) is 0 Å². The first kappa shape index (κ1) is 16.0. The Balaban J connectivity index is 1.87. The van der Waals surface area contributed by atoms with Crippen molar-refractivity contribution < 1.29 is 14.7 Å². The van der Waals surface area contributed by atoms with E-state index in [1.807, 2.05) is 48.5 Å². The zero-order valence-corrected chi connectivity index (χ0v) is 12.7. The maximum atomic E-state index is 11.9. The fourth-order valence-electron chi connectivity index (χ4n) is 1.95. The van der Waals surface area contributed by atoms with Crippen LogP contribution in [-0.4, -0.2) is 16.9 Å². The second kappa shape index (κ2) is 8.20. The van der Waals surface area contributed by atoms with Crippen molar-refractivity contribution in [1.82, 2.24) is 0 Å². The number of hydrogen-bond donors (Lipinski definition) is 1. The lowest BCUT2D eigenvalue weighted by atomic mass is 10.1. The van der Waals surface area contributed by atoms with Crippen molar-refractivity contribution in [2.75, 3.05) is 0 Å². The Morgan fingerprint density at radius 3 is 2.50 bits per heavy atom. The molecule has 0 saturated heterocycles. The molecular formula is C17H16ClNO3. The third-order valence-corrected chi connectivity index (χ3v) is 3.34. The number of benzene rings is 2. The summed E-state index contributed by atoms with van der Waals surface area (Å²) >= 11 is 5.90. The van der Waals surface area contributed by atoms with Crippen molar-refractivity contribution in [2.45, 2.75) is 19.4 Å². The van der Waals surface area contributed by atoms with Crippen LogP contribution >= 0.6 is 11.6 Å². The minimum Gasteiger partial charge on any atom is -0.456 e. The highest BCUT2D eigenvalue weighted by Gasteiger charge is 2.14. The zero-order chi connectivity index (χ0) is 15.8. The topological polar surface area (TPSA) is 58.9 Å². The smallest absolute Gasteiger partial charge is 0.356 e. The summed E-state index contributed by atoms with van der Waals surface area (Å²) in [6.07, 6.45) is 0.824. The Bertz CT molecular complexity index is 656. The van der Waals surface area contributed by atoms with Crippen LogP contribution in [0.25, 0.3) is 0 Å². The zero-order valence-electron chi connectivity index (χ0n) is 11.9. The van der Waals surface area contributed by atoms with Crippen molar-refractivity contribution >= 4 is 23.3 Å². The van der Waals surface area contributed by atoms with E-state index in [1.54, 1.807) is 6.07 Å². The van der Waals surface area contributed by atoms with Gasteiger partial charge in [-0.3, -0.25) is 0 Å². The summed E-state index contributed by atoms with van der Waals surface area (Å²) in [7, 11) is 0. The fraction of sp³-hybridized carbons (Fsp3) is 0.176. The van der Waals surface area contributed by atoms with Crippen LogP contribution in [0.2, 0.25) is 5.02 Å². The van der Waals surface area contributed by atoms with Gasteiger partial charge < -0.3 is 9.94 Å². The molecular weight excluding hydrogens is 302 g/mol. The number of esters is 1. The molecule has 114 valence electrons. The van der Waals surface area contributed by atoms with Crippen LogP contribution in [0, 0.1) is 0 Å². The molecule has 0 radical (unpaired) electrons. The number of aryl methyl sites for hydroxylation is 1. The van der Waals surface area contributed by atoms with Gasteiger partial charge in [-0.1, -0.05) is 59.2 Å². The third kappa shape index (κ3) is 4.90. The molecule has 5 heteroatoms. The van der Waals surface area contributed by atoms with Crippen LogP contribution in [0.3, 0.4) is 0 Å². The van der Waals surface area contributed by atoms with Gasteiger partial charge in [-0.05, 0) is 29.7 Å². The van der Waals surface area contributed by atoms with Gasteiger partial charge in [-0.2, -0.15) is 0 Å². The first-order valence-electron chi connectivity index (χ1n) is 6.85. The van der Waals surface area contributed by atoms with Gasteiger partial charge in [-0.25, -0.2) is 4.79 Å². The summed E-state index contributed by atoms with van der Waals surface area (Å²) in [4.78, 5) is 11.9. The lowest BCUT2D eigenvalue weighted by Crippen LogP contribution is -2.18. The van der Waals surface area contributed by atoms with Gasteiger partial charge in [0.1, 0.15) is 6.61 Å². The Kier molecular flexibility index (Phi) is 5.98. The summed E-state index contributed by atoms with van der Waals surface area (Å²) in [5.74, 6) is -0.617. The number of nitrogens with zero attached hydrogens (tertiary/aromatic N) is 1. The molecule has 0 unspecified atom stereocenters. The highest BCUT2D eigenvalue weighted by molar-refractivity contribution is 6.36. The van der Waals surface area contributed by atoms with Gasteiger partial charge in [0.05, 0.1) is 0 Å². The van der Waals surface area contributed by atoms with Gasteiger partial charge >= 0.3 is 5.97 Å². The van der Waals surface area contributed by atoms with Crippen molar-refractivity contribution in [3.63, 3.8) is 0 Å². The number of rotatable bonds is 6. The lowest BCUT2D eigenvalue weighted by molar-refractivity contribution is -0.137. The number of oxime groups is 1. The molecule has 22 heavy (non-hydrogen) atoms. The highest BCUT2D eigenvalue weighted by Crippen LogP contribution is 2.13. The summed E-state index contributed by atoms with van der Waals surface area (Å²) in [5, 5.41) is 12.7. The molecule has 0 aliphatic rings. The number of carbonyl (C=O) groups is 1. The average molecular weight is 318 g/mol. The molecule has 2 rings (SSSR count). The van der Waals surface area contributed by atoms with Crippen LogP contribution in [0.4, 0.5) is 0 Å². The maximum Gasteiger partial charge on any atom is 0.356 e. The van der Waals surface area contributed by atoms with Gasteiger partial charge in [0.15, 0.2) is 5.71 Å². The minimum absolute atomic E-state index is 0.00379. The highest BCUT2D eigenvalue weighted by atomic mass is 35.5. The fourth-order valence-corrected chi connectivity index (χ4v) is 2.17. The van der Waals surface area contributed by atoms with E-state index < -0.39 is 5.97 Å². The van der Waals surface area contributed by atoms with E-state index in [9.17, 15) is 4.79 Å². The normalized spacial score (nSPS) is 11.2. The predicted molar refractivity (Wildman–Crippen MR) is 85.2 cm³/mol. The summed E-state index contributed by atoms with van der Waals surface area (Å²) in [6, 6.07) is 16.6. The molecule has 0 aromatic heterocycles. The van der Waals surface area contributed by atoms with Crippen molar-refractivity contribution in [2.24, 2.45) is 5.16 Å².